The molecular weight excluding hydrogens is 212 g/mol. The Hall–Kier alpha value is -1.45. The Balaban J connectivity index is 2.09. The van der Waals surface area contributed by atoms with Crippen molar-refractivity contribution in [2.75, 3.05) is 6.61 Å². The average Bonchev–Trinajstić information content (AvgIpc) is 2.40. The lowest BCUT2D eigenvalue weighted by molar-refractivity contribution is 0.238. The molecule has 90 valence electrons. The van der Waals surface area contributed by atoms with Gasteiger partial charge < -0.3 is 10.4 Å². The summed E-state index contributed by atoms with van der Waals surface area (Å²) < 4.78 is 0. The second-order valence-corrected chi connectivity index (χ2v) is 4.16. The predicted molar refractivity (Wildman–Crippen MR) is 69.7 cm³/mol. The number of aliphatic hydroxyl groups excluding tert-OH is 1. The van der Waals surface area contributed by atoms with Crippen LogP contribution in [0.2, 0.25) is 0 Å². The third-order valence-electron chi connectivity index (χ3n) is 2.94. The molecule has 0 fully saturated rings. The van der Waals surface area contributed by atoms with Gasteiger partial charge in [-0.3, -0.25) is 4.98 Å². The fraction of sp³-hybridized carbons (Fsp3) is 0.357. The topological polar surface area (TPSA) is 45.1 Å². The minimum absolute atomic E-state index is 0.156. The van der Waals surface area contributed by atoms with Gasteiger partial charge in [0.15, 0.2) is 0 Å². The van der Waals surface area contributed by atoms with Crippen LogP contribution in [0.5, 0.6) is 0 Å². The van der Waals surface area contributed by atoms with Crippen LogP contribution in [0, 0.1) is 0 Å². The first kappa shape index (κ1) is 12.0. The van der Waals surface area contributed by atoms with Crippen molar-refractivity contribution in [2.24, 2.45) is 0 Å². The van der Waals surface area contributed by atoms with Crippen molar-refractivity contribution in [3.05, 3.63) is 42.1 Å². The highest BCUT2D eigenvalue weighted by Crippen LogP contribution is 2.11. The van der Waals surface area contributed by atoms with Gasteiger partial charge >= 0.3 is 0 Å². The number of hydrogen-bond acceptors (Lipinski definition) is 3. The zero-order chi connectivity index (χ0) is 12.1. The highest BCUT2D eigenvalue weighted by molar-refractivity contribution is 5.78. The Morgan fingerprint density at radius 1 is 1.24 bits per heavy atom. The molecule has 0 amide bonds. The third kappa shape index (κ3) is 3.02. The molecule has 3 nitrogen and oxygen atoms in total. The number of aliphatic hydroxyl groups is 1. The summed E-state index contributed by atoms with van der Waals surface area (Å²) in [5.41, 5.74) is 2.03. The van der Waals surface area contributed by atoms with Crippen molar-refractivity contribution in [3.8, 4) is 0 Å². The third-order valence-corrected chi connectivity index (χ3v) is 2.94. The van der Waals surface area contributed by atoms with Crippen molar-refractivity contribution in [1.82, 2.24) is 10.3 Å². The Morgan fingerprint density at radius 3 is 2.82 bits per heavy atom. The van der Waals surface area contributed by atoms with E-state index in [4.69, 9.17) is 5.11 Å². The summed E-state index contributed by atoms with van der Waals surface area (Å²) in [6, 6.07) is 12.3. The molecular formula is C14H18N2O. The lowest BCUT2D eigenvalue weighted by Gasteiger charge is -2.13. The molecule has 2 N–H and O–H groups in total. The minimum atomic E-state index is 0.156. The predicted octanol–water partition coefficient (Wildman–Crippen LogP) is 2.10. The first-order chi connectivity index (χ1) is 8.33. The Labute approximate surface area is 102 Å². The highest BCUT2D eigenvalue weighted by atomic mass is 16.3. The van der Waals surface area contributed by atoms with E-state index >= 15 is 0 Å². The zero-order valence-electron chi connectivity index (χ0n) is 10.1. The molecule has 0 spiro atoms. The molecule has 0 aliphatic rings. The van der Waals surface area contributed by atoms with E-state index in [0.717, 1.165) is 23.0 Å². The van der Waals surface area contributed by atoms with E-state index in [2.05, 4.69) is 29.4 Å². The maximum absolute atomic E-state index is 9.09. The fourth-order valence-corrected chi connectivity index (χ4v) is 1.79. The number of nitrogens with one attached hydrogen (secondary N) is 1. The second kappa shape index (κ2) is 5.75. The molecule has 17 heavy (non-hydrogen) atoms. The van der Waals surface area contributed by atoms with Gasteiger partial charge in [-0.2, -0.15) is 0 Å². The number of pyridine rings is 1. The molecule has 2 rings (SSSR count). The van der Waals surface area contributed by atoms with Crippen LogP contribution in [0.1, 0.15) is 19.0 Å². The molecule has 0 unspecified atom stereocenters. The van der Waals surface area contributed by atoms with Gasteiger partial charge in [0.25, 0.3) is 0 Å². The van der Waals surface area contributed by atoms with Crippen molar-refractivity contribution in [1.29, 1.82) is 0 Å². The number of fused-ring (bicyclic) bond motifs is 1. The normalized spacial score (nSPS) is 12.8. The molecule has 1 aromatic heterocycles. The van der Waals surface area contributed by atoms with Crippen LogP contribution >= 0.6 is 0 Å². The summed E-state index contributed by atoms with van der Waals surface area (Å²) in [6.45, 7) is 2.93. The van der Waals surface area contributed by atoms with E-state index in [9.17, 15) is 0 Å². The van der Waals surface area contributed by atoms with Gasteiger partial charge in [0.05, 0.1) is 17.8 Å². The summed E-state index contributed by atoms with van der Waals surface area (Å²) in [5, 5.41) is 13.5. The van der Waals surface area contributed by atoms with E-state index in [-0.39, 0.29) is 12.6 Å². The van der Waals surface area contributed by atoms with Gasteiger partial charge in [0, 0.05) is 18.0 Å². The average molecular weight is 230 g/mol. The summed E-state index contributed by atoms with van der Waals surface area (Å²) in [4.78, 5) is 4.57. The Bertz CT molecular complexity index is 480. The fourth-order valence-electron chi connectivity index (χ4n) is 1.79. The molecule has 1 heterocycles. The highest BCUT2D eigenvalue weighted by Gasteiger charge is 2.04. The van der Waals surface area contributed by atoms with Gasteiger partial charge in [0.2, 0.25) is 0 Å². The van der Waals surface area contributed by atoms with Gasteiger partial charge in [-0.1, -0.05) is 31.2 Å². The number of hydrogen-bond donors (Lipinski definition) is 2. The van der Waals surface area contributed by atoms with E-state index in [1.54, 1.807) is 0 Å². The quantitative estimate of drug-likeness (QED) is 0.826. The van der Waals surface area contributed by atoms with Gasteiger partial charge in [-0.25, -0.2) is 0 Å². The van der Waals surface area contributed by atoms with Crippen molar-refractivity contribution in [3.63, 3.8) is 0 Å². The summed E-state index contributed by atoms with van der Waals surface area (Å²) in [6.07, 6.45) is 0.921. The second-order valence-electron chi connectivity index (χ2n) is 4.16. The minimum Gasteiger partial charge on any atom is -0.395 e. The van der Waals surface area contributed by atoms with Crippen LogP contribution in [-0.2, 0) is 6.54 Å². The van der Waals surface area contributed by atoms with Crippen LogP contribution in [0.25, 0.3) is 10.9 Å². The number of rotatable bonds is 5. The van der Waals surface area contributed by atoms with E-state index in [0.29, 0.717) is 6.54 Å². The van der Waals surface area contributed by atoms with Crippen LogP contribution in [0.15, 0.2) is 36.4 Å². The molecule has 3 heteroatoms. The van der Waals surface area contributed by atoms with Crippen LogP contribution in [0.4, 0.5) is 0 Å². The molecule has 1 atom stereocenters. The monoisotopic (exact) mass is 230 g/mol. The van der Waals surface area contributed by atoms with Gasteiger partial charge in [0.1, 0.15) is 0 Å². The first-order valence-corrected chi connectivity index (χ1v) is 6.02. The summed E-state index contributed by atoms with van der Waals surface area (Å²) in [7, 11) is 0. The lowest BCUT2D eigenvalue weighted by atomic mass is 10.2. The maximum Gasteiger partial charge on any atom is 0.0705 e. The summed E-state index contributed by atoms with van der Waals surface area (Å²) >= 11 is 0. The van der Waals surface area contributed by atoms with E-state index in [1.807, 2.05) is 24.3 Å². The molecule has 0 saturated carbocycles. The van der Waals surface area contributed by atoms with Gasteiger partial charge in [-0.15, -0.1) is 0 Å². The molecule has 0 radical (unpaired) electrons. The molecule has 0 aliphatic heterocycles. The zero-order valence-corrected chi connectivity index (χ0v) is 10.1. The Morgan fingerprint density at radius 2 is 2.06 bits per heavy atom. The molecule has 1 aromatic carbocycles. The molecule has 0 aliphatic carbocycles. The SMILES string of the molecule is CC[C@H](CO)NCc1ccc2ccccc2n1. The first-order valence-electron chi connectivity index (χ1n) is 6.02. The van der Waals surface area contributed by atoms with Crippen molar-refractivity contribution in [2.45, 2.75) is 25.9 Å². The number of benzene rings is 1. The number of aromatic nitrogens is 1. The smallest absolute Gasteiger partial charge is 0.0705 e. The summed E-state index contributed by atoms with van der Waals surface area (Å²) in [5.74, 6) is 0. The molecule has 2 aromatic rings. The molecule has 0 bridgehead atoms. The number of nitrogens with zero attached hydrogens (tertiary/aromatic N) is 1. The standard InChI is InChI=1S/C14H18N2O/c1-2-12(10-17)15-9-13-8-7-11-5-3-4-6-14(11)16-13/h3-8,12,15,17H,2,9-10H2,1H3/t12-/m1/s1. The van der Waals surface area contributed by atoms with Crippen molar-refractivity contribution < 1.29 is 5.11 Å². The van der Waals surface area contributed by atoms with Crippen LogP contribution < -0.4 is 5.32 Å². The van der Waals surface area contributed by atoms with Gasteiger partial charge in [-0.05, 0) is 18.6 Å². The van der Waals surface area contributed by atoms with Crippen LogP contribution in [0.3, 0.4) is 0 Å². The maximum atomic E-state index is 9.09. The lowest BCUT2D eigenvalue weighted by Crippen LogP contribution is -2.31. The van der Waals surface area contributed by atoms with Crippen LogP contribution in [-0.4, -0.2) is 22.7 Å². The van der Waals surface area contributed by atoms with E-state index in [1.165, 1.54) is 0 Å². The van der Waals surface area contributed by atoms with Crippen molar-refractivity contribution >= 4 is 10.9 Å². The van der Waals surface area contributed by atoms with E-state index < -0.39 is 0 Å². The molecule has 0 saturated heterocycles. The largest absolute Gasteiger partial charge is 0.395 e. The number of para-hydroxylation sites is 1. The Kier molecular flexibility index (Phi) is 4.07.